The van der Waals surface area contributed by atoms with Crippen LogP contribution in [0.25, 0.3) is 21.8 Å². The molecule has 5 aromatic rings. The molecule has 1 atom stereocenters. The fourth-order valence-electron chi connectivity index (χ4n) is 7.74. The van der Waals surface area contributed by atoms with Gasteiger partial charge in [-0.15, -0.1) is 0 Å². The van der Waals surface area contributed by atoms with E-state index in [9.17, 15) is 37.2 Å². The molecule has 4 heterocycles. The summed E-state index contributed by atoms with van der Waals surface area (Å²) in [6.07, 6.45) is 1.46. The van der Waals surface area contributed by atoms with Gasteiger partial charge in [-0.25, -0.2) is 18.2 Å². The van der Waals surface area contributed by atoms with Crippen molar-refractivity contribution in [3.8, 4) is 5.75 Å². The normalized spacial score (nSPS) is 18.5. The molecule has 0 radical (unpaired) electrons. The molecule has 8 rings (SSSR count). The first-order valence-electron chi connectivity index (χ1n) is 18.2. The second-order valence-electron chi connectivity index (χ2n) is 14.2. The highest BCUT2D eigenvalue weighted by molar-refractivity contribution is 7.92. The lowest BCUT2D eigenvalue weighted by Crippen LogP contribution is -2.44. The van der Waals surface area contributed by atoms with Crippen molar-refractivity contribution in [1.82, 2.24) is 24.1 Å². The lowest BCUT2D eigenvalue weighted by molar-refractivity contribution is -0.143. The first kappa shape index (κ1) is 37.4. The maximum absolute atomic E-state index is 16.2. The Morgan fingerprint density at radius 2 is 1.67 bits per heavy atom. The number of ether oxygens (including phenoxy) is 1. The van der Waals surface area contributed by atoms with Crippen LogP contribution in [-0.2, 0) is 47.8 Å². The molecule has 0 spiro atoms. The summed E-state index contributed by atoms with van der Waals surface area (Å²) in [7, 11) is -2.76. The third kappa shape index (κ3) is 6.96. The summed E-state index contributed by atoms with van der Waals surface area (Å²) >= 11 is 0. The number of anilines is 2. The molecule has 5 amide bonds. The van der Waals surface area contributed by atoms with Crippen LogP contribution in [0.1, 0.15) is 48.8 Å². The number of imide groups is 1. The van der Waals surface area contributed by atoms with E-state index in [-0.39, 0.29) is 72.3 Å². The Balaban J connectivity index is 0.966. The van der Waals surface area contributed by atoms with Crippen LogP contribution in [0.15, 0.2) is 77.6 Å². The number of rotatable bonds is 7. The van der Waals surface area contributed by atoms with Crippen molar-refractivity contribution in [3.05, 3.63) is 100 Å². The number of nitrogens with one attached hydrogen (secondary N) is 3. The van der Waals surface area contributed by atoms with E-state index in [2.05, 4.69) is 10.6 Å². The van der Waals surface area contributed by atoms with Crippen LogP contribution < -0.4 is 30.1 Å². The minimum atomic E-state index is -4.39. The molecule has 0 saturated carbocycles. The standard InChI is InChI=1S/C39H36FN7O9S/c1-44-30-18-24(7-10-28(30)47(39(44)53)29-11-12-32(48)42-36(29)50)23-13-15-45(16-14-23)38(52)37(51)41-26-8-9-27-25(17-26)19-31(56-21-22-5-3-2-4-6-22)35(34(27)40)46-20-33(49)43-57(46,54)55/h2-10,17-19,23,29H,11-16,20-21H2,1H3,(H,41,51)(H,43,49)(H,42,48,50). The zero-order chi connectivity index (χ0) is 40.2. The molecule has 1 unspecified atom stereocenters. The Hall–Kier alpha value is -6.56. The van der Waals surface area contributed by atoms with E-state index in [4.69, 9.17) is 4.74 Å². The molecule has 3 saturated heterocycles. The fourth-order valence-corrected chi connectivity index (χ4v) is 8.90. The molecular formula is C39H36FN7O9S. The van der Waals surface area contributed by atoms with Crippen LogP contribution in [0.5, 0.6) is 5.75 Å². The molecular weight excluding hydrogens is 762 g/mol. The molecule has 0 bridgehead atoms. The summed E-state index contributed by atoms with van der Waals surface area (Å²) in [6.45, 7) is -0.107. The molecule has 16 nitrogen and oxygen atoms in total. The third-order valence-electron chi connectivity index (χ3n) is 10.7. The molecule has 57 heavy (non-hydrogen) atoms. The van der Waals surface area contributed by atoms with Gasteiger partial charge in [-0.3, -0.25) is 38.4 Å². The van der Waals surface area contributed by atoms with Crippen molar-refractivity contribution in [2.45, 2.75) is 44.2 Å². The van der Waals surface area contributed by atoms with Crippen LogP contribution in [0.4, 0.5) is 15.8 Å². The van der Waals surface area contributed by atoms with Crippen LogP contribution in [0, 0.1) is 5.82 Å². The van der Waals surface area contributed by atoms with E-state index in [0.717, 1.165) is 11.1 Å². The molecule has 4 aromatic carbocycles. The van der Waals surface area contributed by atoms with Gasteiger partial charge in [0.25, 0.3) is 5.91 Å². The highest BCUT2D eigenvalue weighted by Gasteiger charge is 2.39. The van der Waals surface area contributed by atoms with Gasteiger partial charge >= 0.3 is 27.7 Å². The largest absolute Gasteiger partial charge is 0.487 e. The van der Waals surface area contributed by atoms with Crippen molar-refractivity contribution >= 4 is 72.9 Å². The Morgan fingerprint density at radius 3 is 2.37 bits per heavy atom. The SMILES string of the molecule is Cn1c(=O)n(C2CCC(=O)NC2=O)c2ccc(C3CCN(C(=O)C(=O)Nc4ccc5c(F)c(N6CC(=O)NS6(=O)=O)c(OCc6ccccc6)cc5c4)CC3)cc21. The van der Waals surface area contributed by atoms with Crippen molar-refractivity contribution < 1.29 is 41.5 Å². The Kier molecular flexibility index (Phi) is 9.51. The topological polar surface area (TPSA) is 198 Å². The minimum Gasteiger partial charge on any atom is -0.487 e. The van der Waals surface area contributed by atoms with Crippen LogP contribution >= 0.6 is 0 Å². The number of hydrogen-bond acceptors (Lipinski definition) is 9. The number of hydrogen-bond donors (Lipinski definition) is 3. The van der Waals surface area contributed by atoms with Gasteiger partial charge in [0.15, 0.2) is 5.82 Å². The number of carbonyl (C=O) groups is 5. The molecule has 3 aliphatic heterocycles. The number of amides is 5. The molecule has 0 aliphatic carbocycles. The maximum atomic E-state index is 16.2. The summed E-state index contributed by atoms with van der Waals surface area (Å²) in [4.78, 5) is 77.5. The van der Waals surface area contributed by atoms with E-state index in [1.807, 2.05) is 22.9 Å². The number of halogens is 1. The quantitative estimate of drug-likeness (QED) is 0.164. The van der Waals surface area contributed by atoms with Crippen molar-refractivity contribution in [2.75, 3.05) is 29.3 Å². The summed E-state index contributed by atoms with van der Waals surface area (Å²) < 4.78 is 53.0. The zero-order valence-electron chi connectivity index (χ0n) is 30.5. The van der Waals surface area contributed by atoms with E-state index >= 15 is 4.39 Å². The highest BCUT2D eigenvalue weighted by Crippen LogP contribution is 2.40. The number of nitrogens with zero attached hydrogens (tertiary/aromatic N) is 4. The number of aryl methyl sites for hydroxylation is 1. The van der Waals surface area contributed by atoms with Gasteiger partial charge in [-0.1, -0.05) is 36.4 Å². The van der Waals surface area contributed by atoms with Crippen LogP contribution in [-0.4, -0.2) is 71.6 Å². The molecule has 1 aromatic heterocycles. The first-order chi connectivity index (χ1) is 27.3. The summed E-state index contributed by atoms with van der Waals surface area (Å²) in [5, 5.41) is 5.12. The number of imidazole rings is 1. The van der Waals surface area contributed by atoms with Crippen molar-refractivity contribution in [3.63, 3.8) is 0 Å². The monoisotopic (exact) mass is 797 g/mol. The average molecular weight is 798 g/mol. The second kappa shape index (κ2) is 14.5. The Bertz CT molecular complexity index is 2690. The number of aromatic nitrogens is 2. The van der Waals surface area contributed by atoms with E-state index in [1.54, 1.807) is 37.4 Å². The van der Waals surface area contributed by atoms with Crippen LogP contribution in [0.2, 0.25) is 0 Å². The zero-order valence-corrected chi connectivity index (χ0v) is 31.3. The van der Waals surface area contributed by atoms with E-state index in [0.29, 0.717) is 28.2 Å². The summed E-state index contributed by atoms with van der Waals surface area (Å²) in [5.74, 6) is -4.44. The third-order valence-corrected chi connectivity index (χ3v) is 12.0. The first-order valence-corrected chi connectivity index (χ1v) is 19.6. The molecule has 3 aliphatic rings. The number of likely N-dealkylation sites (tertiary alicyclic amines) is 1. The minimum absolute atomic E-state index is 0.0104. The fraction of sp³-hybridized carbons (Fsp3) is 0.282. The summed E-state index contributed by atoms with van der Waals surface area (Å²) in [5.41, 5.74) is 2.25. The van der Waals surface area contributed by atoms with Gasteiger partial charge in [0.05, 0.1) is 11.0 Å². The lowest BCUT2D eigenvalue weighted by Gasteiger charge is -2.32. The van der Waals surface area contributed by atoms with Crippen LogP contribution in [0.3, 0.4) is 0 Å². The smallest absolute Gasteiger partial charge is 0.329 e. The molecule has 3 fully saturated rings. The highest BCUT2D eigenvalue weighted by atomic mass is 32.2. The predicted octanol–water partition coefficient (Wildman–Crippen LogP) is 2.71. The second-order valence-corrected chi connectivity index (χ2v) is 15.8. The van der Waals surface area contributed by atoms with Gasteiger partial charge < -0.3 is 15.0 Å². The number of fused-ring (bicyclic) bond motifs is 2. The average Bonchev–Trinajstić information content (AvgIpc) is 3.61. The summed E-state index contributed by atoms with van der Waals surface area (Å²) in [6, 6.07) is 19.3. The van der Waals surface area contributed by atoms with E-state index < -0.39 is 57.9 Å². The van der Waals surface area contributed by atoms with Gasteiger partial charge in [0.2, 0.25) is 11.8 Å². The lowest BCUT2D eigenvalue weighted by atomic mass is 9.89. The molecule has 3 N–H and O–H groups in total. The van der Waals surface area contributed by atoms with Crippen molar-refractivity contribution in [2.24, 2.45) is 7.05 Å². The van der Waals surface area contributed by atoms with Gasteiger partial charge in [0, 0.05) is 37.6 Å². The van der Waals surface area contributed by atoms with Gasteiger partial charge in [-0.2, -0.15) is 8.42 Å². The maximum Gasteiger partial charge on any atom is 0.329 e. The number of carbonyl (C=O) groups excluding carboxylic acids is 5. The molecule has 18 heteroatoms. The van der Waals surface area contributed by atoms with Crippen molar-refractivity contribution in [1.29, 1.82) is 0 Å². The Labute approximate surface area is 324 Å². The number of benzene rings is 4. The van der Waals surface area contributed by atoms with E-state index in [1.165, 1.54) is 38.3 Å². The predicted molar refractivity (Wildman–Crippen MR) is 205 cm³/mol. The number of piperidine rings is 2. The van der Waals surface area contributed by atoms with Gasteiger partial charge in [0.1, 0.15) is 30.6 Å². The molecule has 294 valence electrons. The van der Waals surface area contributed by atoms with Gasteiger partial charge in [-0.05, 0) is 78.1 Å². The Morgan fingerprint density at radius 1 is 0.912 bits per heavy atom.